The van der Waals surface area contributed by atoms with Gasteiger partial charge in [0.1, 0.15) is 5.82 Å². The number of nitrogens with zero attached hydrogens (tertiary/aromatic N) is 2. The number of ether oxygens (including phenoxy) is 2. The van der Waals surface area contributed by atoms with Crippen molar-refractivity contribution in [1.29, 1.82) is 0 Å². The Labute approximate surface area is 365 Å². The molecule has 0 saturated heterocycles. The van der Waals surface area contributed by atoms with Crippen molar-refractivity contribution in [2.24, 2.45) is 11.8 Å². The molecule has 59 heavy (non-hydrogen) atoms. The number of anilines is 1. The Bertz CT molecular complexity index is 1020. The first-order chi connectivity index (χ1) is 28.8. The fraction of sp³-hybridized carbons (Fsp3) is 0.865. The molecule has 2 N–H and O–H groups in total. The van der Waals surface area contributed by atoms with Crippen LogP contribution in [-0.2, 0) is 19.1 Å². The molecule has 0 bridgehead atoms. The zero-order valence-electron chi connectivity index (χ0n) is 39.7. The number of aromatic nitrogens is 1. The van der Waals surface area contributed by atoms with Crippen molar-refractivity contribution < 1.29 is 19.1 Å². The predicted octanol–water partition coefficient (Wildman–Crippen LogP) is 15.0. The first-order valence-electron chi connectivity index (χ1n) is 25.6. The van der Waals surface area contributed by atoms with Gasteiger partial charge >= 0.3 is 11.9 Å². The van der Waals surface area contributed by atoms with Crippen molar-refractivity contribution in [3.63, 3.8) is 0 Å². The molecule has 0 aliphatic rings. The second kappa shape index (κ2) is 40.0. The largest absolute Gasteiger partial charge is 0.465 e. The molecule has 1 aromatic rings. The topological polar surface area (TPSA) is 94.8 Å². The molecule has 7 nitrogen and oxygen atoms in total. The second-order valence-corrected chi connectivity index (χ2v) is 18.2. The molecule has 1 rings (SSSR count). The molecule has 7 heteroatoms. The lowest BCUT2D eigenvalue weighted by Gasteiger charge is -2.26. The van der Waals surface area contributed by atoms with E-state index in [2.05, 4.69) is 50.6 Å². The van der Waals surface area contributed by atoms with E-state index in [-0.39, 0.29) is 11.9 Å². The molecular formula is C52H97N3O4. The highest BCUT2D eigenvalue weighted by Crippen LogP contribution is 2.22. The van der Waals surface area contributed by atoms with Crippen LogP contribution in [0.4, 0.5) is 5.82 Å². The molecule has 0 radical (unpaired) electrons. The van der Waals surface area contributed by atoms with Gasteiger partial charge in [-0.3, -0.25) is 9.59 Å². The third-order valence-corrected chi connectivity index (χ3v) is 12.4. The number of unbranched alkanes of at least 4 members (excludes halogenated alkanes) is 20. The van der Waals surface area contributed by atoms with Gasteiger partial charge in [-0.1, -0.05) is 182 Å². The molecule has 3 unspecified atom stereocenters. The van der Waals surface area contributed by atoms with Gasteiger partial charge in [-0.2, -0.15) is 0 Å². The lowest BCUT2D eigenvalue weighted by Crippen LogP contribution is -2.30. The highest BCUT2D eigenvalue weighted by atomic mass is 16.5. The Hall–Kier alpha value is -2.15. The third kappa shape index (κ3) is 33.2. The number of rotatable bonds is 43. The summed E-state index contributed by atoms with van der Waals surface area (Å²) < 4.78 is 11.7. The first-order valence-corrected chi connectivity index (χ1v) is 25.6. The molecule has 1 heterocycles. The van der Waals surface area contributed by atoms with Gasteiger partial charge in [0.2, 0.25) is 0 Å². The van der Waals surface area contributed by atoms with Crippen LogP contribution < -0.4 is 5.73 Å². The Kier molecular flexibility index (Phi) is 37.2. The number of hydrogen-bond donors (Lipinski definition) is 1. The van der Waals surface area contributed by atoms with Gasteiger partial charge in [0.25, 0.3) is 0 Å². The Morgan fingerprint density at radius 1 is 0.542 bits per heavy atom. The molecule has 0 fully saturated rings. The number of carbonyl (C=O) groups excluding carboxylic acids is 2. The Balaban J connectivity index is 2.51. The van der Waals surface area contributed by atoms with Crippen LogP contribution >= 0.6 is 0 Å². The Morgan fingerprint density at radius 3 is 1.31 bits per heavy atom. The first kappa shape index (κ1) is 54.9. The minimum atomic E-state index is -0.0216. The fourth-order valence-electron chi connectivity index (χ4n) is 8.39. The van der Waals surface area contributed by atoms with E-state index in [9.17, 15) is 9.59 Å². The lowest BCUT2D eigenvalue weighted by molar-refractivity contribution is -0.146. The molecule has 0 saturated carbocycles. The fourth-order valence-corrected chi connectivity index (χ4v) is 8.39. The van der Waals surface area contributed by atoms with Crippen LogP contribution in [0.1, 0.15) is 252 Å². The summed E-state index contributed by atoms with van der Waals surface area (Å²) >= 11 is 0. The van der Waals surface area contributed by atoms with Gasteiger partial charge in [-0.15, -0.1) is 0 Å². The van der Waals surface area contributed by atoms with Gasteiger partial charge < -0.3 is 20.1 Å². The van der Waals surface area contributed by atoms with Crippen molar-refractivity contribution in [3.05, 3.63) is 23.9 Å². The summed E-state index contributed by atoms with van der Waals surface area (Å²) in [7, 11) is 0. The zero-order valence-corrected chi connectivity index (χ0v) is 39.7. The van der Waals surface area contributed by atoms with E-state index in [0.717, 1.165) is 58.2 Å². The second-order valence-electron chi connectivity index (χ2n) is 18.2. The maximum Gasteiger partial charge on any atom is 0.305 e. The summed E-state index contributed by atoms with van der Waals surface area (Å²) in [6.45, 7) is 15.5. The highest BCUT2D eigenvalue weighted by molar-refractivity contribution is 5.69. The van der Waals surface area contributed by atoms with Crippen LogP contribution in [0.25, 0.3) is 0 Å². The third-order valence-electron chi connectivity index (χ3n) is 12.4. The molecule has 344 valence electrons. The van der Waals surface area contributed by atoms with Gasteiger partial charge in [0.15, 0.2) is 0 Å². The minimum absolute atomic E-state index is 0.0216. The van der Waals surface area contributed by atoms with Crippen molar-refractivity contribution in [2.45, 2.75) is 246 Å². The van der Waals surface area contributed by atoms with Gasteiger partial charge in [-0.05, 0) is 93.8 Å². The van der Waals surface area contributed by atoms with Crippen molar-refractivity contribution in [2.75, 3.05) is 38.6 Å². The number of carbonyl (C=O) groups is 2. The van der Waals surface area contributed by atoms with Crippen LogP contribution in [0.15, 0.2) is 18.3 Å². The highest BCUT2D eigenvalue weighted by Gasteiger charge is 2.16. The van der Waals surface area contributed by atoms with E-state index in [1.807, 2.05) is 12.3 Å². The van der Waals surface area contributed by atoms with Gasteiger partial charge in [0, 0.05) is 25.6 Å². The SMILES string of the molecule is CCCCCCCCC(CCCCCC)COC(=O)CCCCCN(CCCCCC(=O)OCC(CCCCCC)CCCCCCCC)CC(C)c1ccc(N)nc1. The molecular weight excluding hydrogens is 731 g/mol. The molecule has 1 aromatic heterocycles. The quantitative estimate of drug-likeness (QED) is 0.0517. The maximum atomic E-state index is 12.8. The van der Waals surface area contributed by atoms with E-state index >= 15 is 0 Å². The molecule has 0 amide bonds. The van der Waals surface area contributed by atoms with Gasteiger partial charge in [0.05, 0.1) is 13.2 Å². The molecule has 0 spiro atoms. The van der Waals surface area contributed by atoms with Crippen LogP contribution in [0.2, 0.25) is 0 Å². The Morgan fingerprint density at radius 2 is 0.915 bits per heavy atom. The van der Waals surface area contributed by atoms with Crippen LogP contribution in [0, 0.1) is 11.8 Å². The smallest absolute Gasteiger partial charge is 0.305 e. The van der Waals surface area contributed by atoms with E-state index < -0.39 is 0 Å². The summed E-state index contributed by atoms with van der Waals surface area (Å²) in [4.78, 5) is 32.5. The number of nitrogen functional groups attached to an aromatic ring is 1. The molecule has 3 atom stereocenters. The monoisotopic (exact) mass is 828 g/mol. The van der Waals surface area contributed by atoms with Crippen LogP contribution in [0.3, 0.4) is 0 Å². The van der Waals surface area contributed by atoms with E-state index in [0.29, 0.717) is 49.6 Å². The maximum absolute atomic E-state index is 12.8. The number of hydrogen-bond acceptors (Lipinski definition) is 7. The predicted molar refractivity (Wildman–Crippen MR) is 253 cm³/mol. The van der Waals surface area contributed by atoms with Crippen molar-refractivity contribution in [3.8, 4) is 0 Å². The summed E-state index contributed by atoms with van der Waals surface area (Å²) in [5, 5.41) is 0. The number of esters is 2. The zero-order chi connectivity index (χ0) is 43.0. The standard InChI is InChI=1S/C52H97N3O4/c1-6-10-14-18-20-26-34-47(32-24-16-12-8-3)44-58-51(56)36-28-22-30-40-55(43-46(5)49-38-39-50(53)54-42-49)41-31-23-29-37-52(57)59-45-48(33-25-17-13-9-4)35-27-21-19-15-11-7-2/h38-39,42,46-48H,6-37,40-41,43-45H2,1-5H3,(H2,53,54). The van der Waals surface area contributed by atoms with E-state index in [1.54, 1.807) is 0 Å². The van der Waals surface area contributed by atoms with E-state index in [4.69, 9.17) is 15.2 Å². The van der Waals surface area contributed by atoms with E-state index in [1.165, 1.54) is 160 Å². The molecule has 0 aromatic carbocycles. The van der Waals surface area contributed by atoms with Crippen LogP contribution in [-0.4, -0.2) is 54.7 Å². The normalized spacial score (nSPS) is 13.1. The van der Waals surface area contributed by atoms with Crippen molar-refractivity contribution in [1.82, 2.24) is 9.88 Å². The molecule has 0 aliphatic carbocycles. The average molecular weight is 828 g/mol. The summed E-state index contributed by atoms with van der Waals surface area (Å²) in [5.74, 6) is 1.87. The summed E-state index contributed by atoms with van der Waals surface area (Å²) in [6.07, 6.45) is 39.5. The van der Waals surface area contributed by atoms with Gasteiger partial charge in [-0.25, -0.2) is 4.98 Å². The number of nitrogens with two attached hydrogens (primary N) is 1. The summed E-state index contributed by atoms with van der Waals surface area (Å²) in [6, 6.07) is 3.98. The summed E-state index contributed by atoms with van der Waals surface area (Å²) in [5.41, 5.74) is 7.08. The van der Waals surface area contributed by atoms with Crippen molar-refractivity contribution >= 4 is 17.8 Å². The lowest BCUT2D eigenvalue weighted by atomic mass is 9.95. The minimum Gasteiger partial charge on any atom is -0.465 e. The van der Waals surface area contributed by atoms with Crippen LogP contribution in [0.5, 0.6) is 0 Å². The number of pyridine rings is 1. The average Bonchev–Trinajstić information content (AvgIpc) is 3.23. The molecule has 0 aliphatic heterocycles.